The average Bonchev–Trinajstić information content (AvgIpc) is 2.67. The third kappa shape index (κ3) is 6.68. The maximum absolute atomic E-state index is 2.59. The van der Waals surface area contributed by atoms with Crippen LogP contribution in [-0.4, -0.2) is 0 Å². The van der Waals surface area contributed by atoms with Crippen molar-refractivity contribution in [1.29, 1.82) is 0 Å². The summed E-state index contributed by atoms with van der Waals surface area (Å²) in [6.07, 6.45) is 0. The van der Waals surface area contributed by atoms with E-state index < -0.39 is 0 Å². The van der Waals surface area contributed by atoms with E-state index in [1.807, 2.05) is 0 Å². The summed E-state index contributed by atoms with van der Waals surface area (Å²) < 4.78 is 0. The first-order valence-electron chi connectivity index (χ1n) is 15.3. The molecule has 0 saturated heterocycles. The van der Waals surface area contributed by atoms with Crippen LogP contribution in [0.1, 0.15) is 183 Å². The molecule has 0 aliphatic rings. The first kappa shape index (κ1) is 33.6. The summed E-state index contributed by atoms with van der Waals surface area (Å²) >= 11 is 0. The molecule has 39 heavy (non-hydrogen) atoms. The van der Waals surface area contributed by atoms with Gasteiger partial charge in [-0.3, -0.25) is 0 Å². The Morgan fingerprint density at radius 1 is 0.308 bits per heavy atom. The van der Waals surface area contributed by atoms with E-state index in [4.69, 9.17) is 0 Å². The van der Waals surface area contributed by atoms with E-state index in [0.29, 0.717) is 0 Å². The normalized spacial score (nSPS) is 14.7. The molecule has 220 valence electrons. The zero-order valence-electron chi connectivity index (χ0n) is 29.8. The number of hydrogen-bond acceptors (Lipinski definition) is 0. The van der Waals surface area contributed by atoms with Gasteiger partial charge in [0.15, 0.2) is 0 Å². The van der Waals surface area contributed by atoms with Gasteiger partial charge in [0.2, 0.25) is 0 Å². The van der Waals surface area contributed by atoms with Crippen molar-refractivity contribution in [2.45, 2.75) is 176 Å². The number of hydrogen-bond donors (Lipinski definition) is 0. The van der Waals surface area contributed by atoms with Gasteiger partial charge in [-0.25, -0.2) is 0 Å². The quantitative estimate of drug-likeness (QED) is 0.361. The average molecular weight is 533 g/mol. The molecule has 0 unspecified atom stereocenters. The predicted octanol–water partition coefficient (Wildman–Crippen LogP) is 11.8. The largest absolute Gasteiger partial charge is 0.0616 e. The lowest BCUT2D eigenvalue weighted by Crippen LogP contribution is -2.38. The van der Waals surface area contributed by atoms with Gasteiger partial charge in [-0.2, -0.15) is 0 Å². The summed E-state index contributed by atoms with van der Waals surface area (Å²) in [4.78, 5) is 0. The van der Waals surface area contributed by atoms with Crippen molar-refractivity contribution < 1.29 is 0 Å². The minimum absolute atomic E-state index is 0.00480. The summed E-state index contributed by atoms with van der Waals surface area (Å²) in [6, 6.07) is 9.73. The Hall–Kier alpha value is -1.56. The first-order chi connectivity index (χ1) is 16.9. The molecule has 0 nitrogen and oxygen atoms in total. The zero-order valence-corrected chi connectivity index (χ0v) is 29.8. The van der Waals surface area contributed by atoms with Crippen LogP contribution in [0.2, 0.25) is 0 Å². The Labute approximate surface area is 244 Å². The summed E-state index contributed by atoms with van der Waals surface area (Å²) in [7, 11) is 0. The molecule has 2 rings (SSSR count). The maximum atomic E-state index is 2.59. The van der Waals surface area contributed by atoms with Gasteiger partial charge < -0.3 is 0 Å². The third-order valence-electron chi connectivity index (χ3n) is 8.36. The summed E-state index contributed by atoms with van der Waals surface area (Å²) in [5, 5.41) is 0. The summed E-state index contributed by atoms with van der Waals surface area (Å²) in [5.74, 6) is 0. The molecule has 0 N–H and O–H groups in total. The second-order valence-electron chi connectivity index (χ2n) is 18.9. The van der Waals surface area contributed by atoms with E-state index in [1.54, 1.807) is 16.7 Å². The maximum Gasteiger partial charge on any atom is 0.0155 e. The highest BCUT2D eigenvalue weighted by atomic mass is 14.5. The van der Waals surface area contributed by atoms with Gasteiger partial charge in [-0.05, 0) is 77.0 Å². The monoisotopic (exact) mass is 533 g/mol. The van der Waals surface area contributed by atoms with E-state index in [1.165, 1.54) is 27.8 Å². The lowest BCUT2D eigenvalue weighted by molar-refractivity contribution is 0.461. The van der Waals surface area contributed by atoms with Gasteiger partial charge in [0, 0.05) is 5.41 Å². The van der Waals surface area contributed by atoms with E-state index in [9.17, 15) is 0 Å². The van der Waals surface area contributed by atoms with E-state index >= 15 is 0 Å². The van der Waals surface area contributed by atoms with Gasteiger partial charge in [-0.1, -0.05) is 163 Å². The summed E-state index contributed by atoms with van der Waals surface area (Å²) in [5.41, 5.74) is 12.0. The Bertz CT molecular complexity index is 1140. The first-order valence-corrected chi connectivity index (χ1v) is 15.3. The number of benzene rings is 2. The van der Waals surface area contributed by atoms with Crippen molar-refractivity contribution in [2.75, 3.05) is 0 Å². The second-order valence-corrected chi connectivity index (χ2v) is 18.9. The molecule has 0 atom stereocenters. The van der Waals surface area contributed by atoms with Crippen molar-refractivity contribution in [3.8, 4) is 0 Å². The van der Waals surface area contributed by atoms with Crippen molar-refractivity contribution in [3.63, 3.8) is 0 Å². The molecule has 0 bridgehead atoms. The third-order valence-corrected chi connectivity index (χ3v) is 8.36. The molecule has 0 saturated carbocycles. The highest BCUT2D eigenvalue weighted by Crippen LogP contribution is 2.52. The Kier molecular flexibility index (Phi) is 8.43. The van der Waals surface area contributed by atoms with Crippen LogP contribution in [0.3, 0.4) is 0 Å². The van der Waals surface area contributed by atoms with Crippen LogP contribution in [0.4, 0.5) is 0 Å². The predicted molar refractivity (Wildman–Crippen MR) is 177 cm³/mol. The molecule has 2 aromatic carbocycles. The molecule has 0 heterocycles. The lowest BCUT2D eigenvalue weighted by atomic mass is 9.58. The molecule has 0 aliphatic carbocycles. The Morgan fingerprint density at radius 2 is 0.615 bits per heavy atom. The van der Waals surface area contributed by atoms with Crippen LogP contribution in [0, 0.1) is 0 Å². The van der Waals surface area contributed by atoms with Gasteiger partial charge in [0.1, 0.15) is 0 Å². The van der Waals surface area contributed by atoms with Crippen molar-refractivity contribution in [1.82, 2.24) is 0 Å². The fourth-order valence-corrected chi connectivity index (χ4v) is 6.69. The minimum atomic E-state index is -0.198. The topological polar surface area (TPSA) is 0 Å². The van der Waals surface area contributed by atoms with E-state index in [0.717, 1.165) is 0 Å². The van der Waals surface area contributed by atoms with Crippen LogP contribution in [-0.2, 0) is 37.9 Å². The smallest absolute Gasteiger partial charge is 0.0155 e. The molecule has 2 aromatic rings. The van der Waals surface area contributed by atoms with Crippen LogP contribution in [0.15, 0.2) is 24.3 Å². The second kappa shape index (κ2) is 9.77. The van der Waals surface area contributed by atoms with Crippen molar-refractivity contribution in [2.24, 2.45) is 0 Å². The molecule has 0 radical (unpaired) electrons. The molecular weight excluding hydrogens is 468 g/mol. The molecule has 0 amide bonds. The molecule has 0 aliphatic heterocycles. The fraction of sp³-hybridized carbons (Fsp3) is 0.692. The molecule has 0 heteroatoms. The fourth-order valence-electron chi connectivity index (χ4n) is 6.69. The highest BCUT2D eigenvalue weighted by Gasteiger charge is 2.43. The van der Waals surface area contributed by atoms with E-state index in [2.05, 4.69) is 163 Å². The lowest BCUT2D eigenvalue weighted by Gasteiger charge is -2.46. The van der Waals surface area contributed by atoms with Gasteiger partial charge in [-0.15, -0.1) is 0 Å². The van der Waals surface area contributed by atoms with Crippen LogP contribution in [0.25, 0.3) is 0 Å². The molecule has 0 aromatic heterocycles. The van der Waals surface area contributed by atoms with Crippen molar-refractivity contribution in [3.05, 3.63) is 68.8 Å². The summed E-state index contributed by atoms with van der Waals surface area (Å²) in [6.45, 7) is 48.3. The molecule has 0 spiro atoms. The molecular formula is C39H64. The van der Waals surface area contributed by atoms with E-state index in [-0.39, 0.29) is 37.9 Å². The van der Waals surface area contributed by atoms with Crippen LogP contribution < -0.4 is 0 Å². The van der Waals surface area contributed by atoms with Crippen molar-refractivity contribution >= 4 is 0 Å². The zero-order chi connectivity index (χ0) is 30.9. The Balaban J connectivity index is 3.45. The minimum Gasteiger partial charge on any atom is -0.0616 e. The van der Waals surface area contributed by atoms with Gasteiger partial charge in [0.25, 0.3) is 0 Å². The van der Waals surface area contributed by atoms with Gasteiger partial charge in [0.05, 0.1) is 0 Å². The van der Waals surface area contributed by atoms with Gasteiger partial charge >= 0.3 is 0 Å². The molecule has 0 fully saturated rings. The number of rotatable bonds is 2. The van der Waals surface area contributed by atoms with Crippen LogP contribution >= 0.6 is 0 Å². The standard InChI is InChI=1S/C39H64/c1-33(2,3)25-22-21-23-26(29(25)36(10,11)12)39(19,20)32-30(37(13,14)15)27(34(4,5)6)24-28(35(7,8)9)31(32)38(16,17)18/h21-24H,1-20H3. The SMILES string of the molecule is CC(C)(C)c1cccc(C(C)(C)c2c(C(C)(C)C)c(C(C)(C)C)cc(C(C)(C)C)c2C(C)(C)C)c1C(C)(C)C. The van der Waals surface area contributed by atoms with Crippen LogP contribution in [0.5, 0.6) is 0 Å². The Morgan fingerprint density at radius 3 is 0.897 bits per heavy atom. The highest BCUT2D eigenvalue weighted by molar-refractivity contribution is 5.62.